The number of anilines is 1. The SMILES string of the molecule is CC(C)(C)OC(=O)N1C2CCC1CC(Nc1c(F)cccc1F)C2. The Morgan fingerprint density at radius 1 is 1.17 bits per heavy atom. The normalized spacial score (nSPS) is 26.4. The van der Waals surface area contributed by atoms with Gasteiger partial charge in [-0.25, -0.2) is 13.6 Å². The van der Waals surface area contributed by atoms with Crippen LogP contribution in [0, 0.1) is 11.6 Å². The zero-order valence-electron chi connectivity index (χ0n) is 14.3. The number of nitrogens with zero attached hydrogens (tertiary/aromatic N) is 1. The van der Waals surface area contributed by atoms with Gasteiger partial charge in [0.1, 0.15) is 22.9 Å². The Kier molecular flexibility index (Phi) is 4.40. The molecule has 0 saturated carbocycles. The lowest BCUT2D eigenvalue weighted by Gasteiger charge is -2.40. The second-order valence-corrected chi connectivity index (χ2v) is 7.68. The zero-order chi connectivity index (χ0) is 17.5. The van der Waals surface area contributed by atoms with Gasteiger partial charge in [-0.1, -0.05) is 6.07 Å². The average Bonchev–Trinajstić information content (AvgIpc) is 2.73. The maximum absolute atomic E-state index is 13.8. The van der Waals surface area contributed by atoms with Crippen molar-refractivity contribution in [2.75, 3.05) is 5.32 Å². The summed E-state index contributed by atoms with van der Waals surface area (Å²) in [6.07, 6.45) is 2.86. The fourth-order valence-electron chi connectivity index (χ4n) is 3.75. The number of benzene rings is 1. The van der Waals surface area contributed by atoms with Crippen molar-refractivity contribution in [2.45, 2.75) is 70.2 Å². The molecule has 2 aliphatic rings. The van der Waals surface area contributed by atoms with E-state index in [1.165, 1.54) is 18.2 Å². The summed E-state index contributed by atoms with van der Waals surface area (Å²) in [6, 6.07) is 3.92. The molecule has 2 saturated heterocycles. The predicted octanol–water partition coefficient (Wildman–Crippen LogP) is 4.31. The molecule has 0 aromatic heterocycles. The highest BCUT2D eigenvalue weighted by atomic mass is 19.1. The van der Waals surface area contributed by atoms with E-state index in [0.717, 1.165) is 12.8 Å². The number of ether oxygens (including phenoxy) is 1. The van der Waals surface area contributed by atoms with Crippen LogP contribution in [0.3, 0.4) is 0 Å². The van der Waals surface area contributed by atoms with E-state index < -0.39 is 17.2 Å². The number of nitrogens with one attached hydrogen (secondary N) is 1. The lowest BCUT2D eigenvalue weighted by Crippen LogP contribution is -2.51. The highest BCUT2D eigenvalue weighted by molar-refractivity contribution is 5.69. The largest absolute Gasteiger partial charge is 0.444 e. The van der Waals surface area contributed by atoms with Crippen LogP contribution in [0.4, 0.5) is 19.3 Å². The number of rotatable bonds is 2. The van der Waals surface area contributed by atoms with E-state index in [2.05, 4.69) is 5.32 Å². The number of carbonyl (C=O) groups excluding carboxylic acids is 1. The van der Waals surface area contributed by atoms with E-state index >= 15 is 0 Å². The third-order valence-corrected chi connectivity index (χ3v) is 4.65. The van der Waals surface area contributed by atoms with Crippen LogP contribution >= 0.6 is 0 Å². The van der Waals surface area contributed by atoms with Gasteiger partial charge in [0, 0.05) is 18.1 Å². The number of carbonyl (C=O) groups is 1. The minimum Gasteiger partial charge on any atom is -0.444 e. The molecule has 2 fully saturated rings. The molecule has 2 aliphatic heterocycles. The van der Waals surface area contributed by atoms with E-state index in [-0.39, 0.29) is 29.9 Å². The van der Waals surface area contributed by atoms with E-state index in [1.807, 2.05) is 25.7 Å². The van der Waals surface area contributed by atoms with Gasteiger partial charge in [0.25, 0.3) is 0 Å². The Morgan fingerprint density at radius 3 is 2.21 bits per heavy atom. The van der Waals surface area contributed by atoms with Crippen LogP contribution in [0.1, 0.15) is 46.5 Å². The summed E-state index contributed by atoms with van der Waals surface area (Å²) in [7, 11) is 0. The highest BCUT2D eigenvalue weighted by Crippen LogP contribution is 2.38. The van der Waals surface area contributed by atoms with Crippen molar-refractivity contribution in [2.24, 2.45) is 0 Å². The van der Waals surface area contributed by atoms with Crippen LogP contribution in [0.2, 0.25) is 0 Å². The fourth-order valence-corrected chi connectivity index (χ4v) is 3.75. The highest BCUT2D eigenvalue weighted by Gasteiger charge is 2.45. The first-order valence-corrected chi connectivity index (χ1v) is 8.46. The minimum atomic E-state index is -0.586. The number of para-hydroxylation sites is 1. The summed E-state index contributed by atoms with van der Waals surface area (Å²) in [5.41, 5.74) is -0.602. The molecule has 6 heteroatoms. The standard InChI is InChI=1S/C18H24F2N2O2/c1-18(2,3)24-17(23)22-12-7-8-13(22)10-11(9-12)21-16-14(19)5-4-6-15(16)20/h4-6,11-13,21H,7-10H2,1-3H3. The molecular weight excluding hydrogens is 314 g/mol. The van der Waals surface area contributed by atoms with Gasteiger partial charge in [0.15, 0.2) is 0 Å². The summed E-state index contributed by atoms with van der Waals surface area (Å²) in [5, 5.41) is 3.00. The summed E-state index contributed by atoms with van der Waals surface area (Å²) in [6.45, 7) is 5.55. The van der Waals surface area contributed by atoms with E-state index in [4.69, 9.17) is 4.74 Å². The second kappa shape index (κ2) is 6.22. The van der Waals surface area contributed by atoms with Crippen molar-refractivity contribution >= 4 is 11.8 Å². The Morgan fingerprint density at radius 2 is 1.71 bits per heavy atom. The third kappa shape index (κ3) is 3.47. The van der Waals surface area contributed by atoms with Crippen LogP contribution in [-0.2, 0) is 4.74 Å². The smallest absolute Gasteiger partial charge is 0.410 e. The lowest BCUT2D eigenvalue weighted by molar-refractivity contribution is 0.00681. The molecule has 2 unspecified atom stereocenters. The zero-order valence-corrected chi connectivity index (χ0v) is 14.3. The van der Waals surface area contributed by atoms with Crippen molar-refractivity contribution in [3.63, 3.8) is 0 Å². The summed E-state index contributed by atoms with van der Waals surface area (Å²) in [4.78, 5) is 14.2. The first-order chi connectivity index (χ1) is 11.2. The molecular formula is C18H24F2N2O2. The topological polar surface area (TPSA) is 41.6 Å². The lowest BCUT2D eigenvalue weighted by atomic mass is 9.97. The van der Waals surface area contributed by atoms with Gasteiger partial charge in [-0.05, 0) is 58.6 Å². The molecule has 132 valence electrons. The molecule has 24 heavy (non-hydrogen) atoms. The van der Waals surface area contributed by atoms with Crippen molar-refractivity contribution < 1.29 is 18.3 Å². The molecule has 0 radical (unpaired) electrons. The van der Waals surface area contributed by atoms with Gasteiger partial charge in [-0.3, -0.25) is 0 Å². The Bertz CT molecular complexity index is 596. The third-order valence-electron chi connectivity index (χ3n) is 4.65. The Hall–Kier alpha value is -1.85. The van der Waals surface area contributed by atoms with Gasteiger partial charge in [-0.15, -0.1) is 0 Å². The molecule has 2 heterocycles. The first kappa shape index (κ1) is 17.0. The number of hydrogen-bond acceptors (Lipinski definition) is 3. The van der Waals surface area contributed by atoms with Crippen molar-refractivity contribution in [1.82, 2.24) is 4.90 Å². The van der Waals surface area contributed by atoms with Crippen LogP contribution in [0.25, 0.3) is 0 Å². The molecule has 2 atom stereocenters. The van der Waals surface area contributed by atoms with E-state index in [0.29, 0.717) is 12.8 Å². The number of amides is 1. The maximum Gasteiger partial charge on any atom is 0.410 e. The van der Waals surface area contributed by atoms with Crippen LogP contribution in [0.15, 0.2) is 18.2 Å². The molecule has 2 bridgehead atoms. The molecule has 0 spiro atoms. The number of piperidine rings is 1. The van der Waals surface area contributed by atoms with Crippen LogP contribution in [0.5, 0.6) is 0 Å². The average molecular weight is 338 g/mol. The fraction of sp³-hybridized carbons (Fsp3) is 0.611. The first-order valence-electron chi connectivity index (χ1n) is 8.46. The van der Waals surface area contributed by atoms with Crippen molar-refractivity contribution in [1.29, 1.82) is 0 Å². The van der Waals surface area contributed by atoms with Gasteiger partial charge < -0.3 is 15.0 Å². The van der Waals surface area contributed by atoms with Gasteiger partial charge in [0.2, 0.25) is 0 Å². The van der Waals surface area contributed by atoms with Crippen LogP contribution < -0.4 is 5.32 Å². The quantitative estimate of drug-likeness (QED) is 0.874. The molecule has 1 N–H and O–H groups in total. The minimum absolute atomic E-state index is 0.0485. The maximum atomic E-state index is 13.8. The van der Waals surface area contributed by atoms with Crippen molar-refractivity contribution in [3.05, 3.63) is 29.8 Å². The predicted molar refractivity (Wildman–Crippen MR) is 87.9 cm³/mol. The van der Waals surface area contributed by atoms with E-state index in [1.54, 1.807) is 0 Å². The van der Waals surface area contributed by atoms with Gasteiger partial charge in [0.05, 0.1) is 0 Å². The Labute approximate surface area is 141 Å². The molecule has 3 rings (SSSR count). The molecule has 1 aromatic carbocycles. The number of hydrogen-bond donors (Lipinski definition) is 1. The molecule has 1 amide bonds. The second-order valence-electron chi connectivity index (χ2n) is 7.68. The van der Waals surface area contributed by atoms with Crippen molar-refractivity contribution in [3.8, 4) is 0 Å². The molecule has 1 aromatic rings. The number of fused-ring (bicyclic) bond motifs is 2. The summed E-state index contributed by atoms with van der Waals surface area (Å²) < 4.78 is 33.1. The summed E-state index contributed by atoms with van der Waals surface area (Å²) >= 11 is 0. The monoisotopic (exact) mass is 338 g/mol. The Balaban J connectivity index is 1.68. The van der Waals surface area contributed by atoms with E-state index in [9.17, 15) is 13.6 Å². The van der Waals surface area contributed by atoms with Gasteiger partial charge >= 0.3 is 6.09 Å². The van der Waals surface area contributed by atoms with Gasteiger partial charge in [-0.2, -0.15) is 0 Å². The molecule has 0 aliphatic carbocycles. The number of halogens is 2. The van der Waals surface area contributed by atoms with Crippen LogP contribution in [-0.4, -0.2) is 34.7 Å². The molecule has 4 nitrogen and oxygen atoms in total. The summed E-state index contributed by atoms with van der Waals surface area (Å²) in [5.74, 6) is -1.17.